The lowest BCUT2D eigenvalue weighted by Crippen LogP contribution is -2.53. The molecule has 2 saturated heterocycles. The Bertz CT molecular complexity index is 587. The number of guanidine groups is 1. The number of rotatable bonds is 8. The molecular formula is C16H27ClN6O4. The van der Waals surface area contributed by atoms with Crippen LogP contribution in [0.4, 0.5) is 0 Å². The van der Waals surface area contributed by atoms with E-state index in [1.54, 1.807) is 0 Å². The number of hydrogen-bond acceptors (Lipinski definition) is 5. The lowest BCUT2D eigenvalue weighted by atomic mass is 10.1. The summed E-state index contributed by atoms with van der Waals surface area (Å²) in [5, 5.41) is 15.0. The van der Waals surface area contributed by atoms with Gasteiger partial charge in [-0.15, -0.1) is 12.4 Å². The lowest BCUT2D eigenvalue weighted by molar-refractivity contribution is -0.140. The molecule has 0 unspecified atom stereocenters. The number of carbonyl (C=O) groups is 4. The minimum atomic E-state index is -0.653. The van der Waals surface area contributed by atoms with Crippen LogP contribution in [-0.4, -0.2) is 66.1 Å². The van der Waals surface area contributed by atoms with E-state index < -0.39 is 18.1 Å². The summed E-state index contributed by atoms with van der Waals surface area (Å²) in [6, 6.07) is -1.83. The molecule has 2 fully saturated rings. The summed E-state index contributed by atoms with van der Waals surface area (Å²) >= 11 is 0. The molecule has 0 bridgehead atoms. The zero-order chi connectivity index (χ0) is 19.1. The number of likely N-dealkylation sites (tertiary alicyclic amines) is 1. The van der Waals surface area contributed by atoms with Crippen LogP contribution in [0.15, 0.2) is 0 Å². The molecule has 3 atom stereocenters. The Labute approximate surface area is 163 Å². The van der Waals surface area contributed by atoms with E-state index in [0.29, 0.717) is 57.9 Å². The van der Waals surface area contributed by atoms with Gasteiger partial charge in [0.25, 0.3) is 0 Å². The first-order chi connectivity index (χ1) is 12.4. The van der Waals surface area contributed by atoms with Crippen LogP contribution in [0, 0.1) is 5.41 Å². The predicted octanol–water partition coefficient (Wildman–Crippen LogP) is -1.38. The van der Waals surface area contributed by atoms with Crippen molar-refractivity contribution in [2.24, 2.45) is 5.73 Å². The number of amides is 3. The van der Waals surface area contributed by atoms with Crippen LogP contribution in [0.25, 0.3) is 0 Å². The molecule has 3 amide bonds. The first kappa shape index (κ1) is 22.7. The normalized spacial score (nSPS) is 22.4. The fourth-order valence-corrected chi connectivity index (χ4v) is 3.30. The van der Waals surface area contributed by atoms with Gasteiger partial charge in [-0.05, 0) is 32.1 Å². The fraction of sp³-hybridized carbons (Fsp3) is 0.688. The van der Waals surface area contributed by atoms with E-state index in [-0.39, 0.29) is 36.1 Å². The Balaban J connectivity index is 0.00000364. The van der Waals surface area contributed by atoms with Gasteiger partial charge in [0.2, 0.25) is 17.7 Å². The number of hydrogen-bond donors (Lipinski definition) is 5. The number of nitrogens with two attached hydrogens (primary N) is 1. The van der Waals surface area contributed by atoms with Crippen molar-refractivity contribution in [3.8, 4) is 0 Å². The Kier molecular flexibility index (Phi) is 8.99. The van der Waals surface area contributed by atoms with Gasteiger partial charge in [0.15, 0.2) is 5.96 Å². The van der Waals surface area contributed by atoms with Crippen molar-refractivity contribution < 1.29 is 19.2 Å². The second kappa shape index (κ2) is 10.7. The lowest BCUT2D eigenvalue weighted by Gasteiger charge is -2.27. The van der Waals surface area contributed by atoms with E-state index in [1.807, 2.05) is 0 Å². The van der Waals surface area contributed by atoms with Gasteiger partial charge in [-0.25, -0.2) is 0 Å². The van der Waals surface area contributed by atoms with Crippen LogP contribution >= 0.6 is 12.4 Å². The van der Waals surface area contributed by atoms with E-state index in [1.165, 1.54) is 4.90 Å². The Morgan fingerprint density at radius 1 is 1.41 bits per heavy atom. The average molecular weight is 403 g/mol. The summed E-state index contributed by atoms with van der Waals surface area (Å²) in [5.74, 6) is -0.877. The van der Waals surface area contributed by atoms with Gasteiger partial charge in [-0.1, -0.05) is 0 Å². The number of nitrogens with zero attached hydrogens (tertiary/aromatic N) is 1. The van der Waals surface area contributed by atoms with Crippen molar-refractivity contribution >= 4 is 42.4 Å². The number of carbonyl (C=O) groups excluding carboxylic acids is 4. The molecule has 2 aliphatic heterocycles. The SMILES string of the molecule is Cl.N=C(N)NCCC[C@@H](C=O)NC(=O)[C@@H]1CCCN1C(=O)[C@@H]1CCC(=O)N1. The first-order valence-corrected chi connectivity index (χ1v) is 8.85. The second-order valence-corrected chi connectivity index (χ2v) is 6.58. The number of aldehydes is 1. The van der Waals surface area contributed by atoms with Crippen molar-refractivity contribution in [3.63, 3.8) is 0 Å². The van der Waals surface area contributed by atoms with Crippen molar-refractivity contribution in [3.05, 3.63) is 0 Å². The van der Waals surface area contributed by atoms with Crippen molar-refractivity contribution in [2.75, 3.05) is 13.1 Å². The van der Waals surface area contributed by atoms with Crippen LogP contribution in [0.5, 0.6) is 0 Å². The van der Waals surface area contributed by atoms with Gasteiger partial charge < -0.3 is 31.4 Å². The third-order valence-corrected chi connectivity index (χ3v) is 4.63. The fourth-order valence-electron chi connectivity index (χ4n) is 3.30. The van der Waals surface area contributed by atoms with Crippen molar-refractivity contribution in [2.45, 2.75) is 56.7 Å². The molecular weight excluding hydrogens is 376 g/mol. The third kappa shape index (κ3) is 6.38. The number of halogens is 1. The summed E-state index contributed by atoms with van der Waals surface area (Å²) in [4.78, 5) is 49.1. The molecule has 0 aliphatic carbocycles. The van der Waals surface area contributed by atoms with Gasteiger partial charge in [0, 0.05) is 19.5 Å². The summed E-state index contributed by atoms with van der Waals surface area (Å²) in [6.07, 6.45) is 3.66. The van der Waals surface area contributed by atoms with E-state index >= 15 is 0 Å². The molecule has 2 aliphatic rings. The van der Waals surface area contributed by atoms with E-state index in [0.717, 1.165) is 0 Å². The molecule has 27 heavy (non-hydrogen) atoms. The van der Waals surface area contributed by atoms with Crippen LogP contribution in [0.2, 0.25) is 0 Å². The smallest absolute Gasteiger partial charge is 0.245 e. The zero-order valence-corrected chi connectivity index (χ0v) is 15.8. The quantitative estimate of drug-likeness (QED) is 0.146. The van der Waals surface area contributed by atoms with Crippen LogP contribution in [-0.2, 0) is 19.2 Å². The summed E-state index contributed by atoms with van der Waals surface area (Å²) in [5.41, 5.74) is 5.18. The topological polar surface area (TPSA) is 157 Å². The summed E-state index contributed by atoms with van der Waals surface area (Å²) in [6.45, 7) is 0.905. The standard InChI is InChI=1S/C16H26N6O4.ClH/c17-16(18)19-7-1-3-10(9-23)20-14(25)12-4-2-8-22(12)15(26)11-5-6-13(24)21-11;/h9-12H,1-8H2,(H,20,25)(H,21,24)(H4,17,18,19);1H/t10-,11-,12-;/m0./s1. The molecule has 152 valence electrons. The highest BCUT2D eigenvalue weighted by molar-refractivity contribution is 5.94. The average Bonchev–Trinajstić information content (AvgIpc) is 3.25. The van der Waals surface area contributed by atoms with Gasteiger partial charge in [0.05, 0.1) is 6.04 Å². The molecule has 0 aromatic carbocycles. The van der Waals surface area contributed by atoms with E-state index in [9.17, 15) is 19.2 Å². The highest BCUT2D eigenvalue weighted by atomic mass is 35.5. The molecule has 0 aromatic heterocycles. The minimum Gasteiger partial charge on any atom is -0.370 e. The molecule has 0 radical (unpaired) electrons. The maximum Gasteiger partial charge on any atom is 0.245 e. The monoisotopic (exact) mass is 402 g/mol. The molecule has 0 saturated carbocycles. The van der Waals surface area contributed by atoms with Crippen molar-refractivity contribution in [1.82, 2.24) is 20.9 Å². The summed E-state index contributed by atoms with van der Waals surface area (Å²) < 4.78 is 0. The number of nitrogens with one attached hydrogen (secondary N) is 4. The van der Waals surface area contributed by atoms with Gasteiger partial charge in [-0.2, -0.15) is 0 Å². The highest BCUT2D eigenvalue weighted by Gasteiger charge is 2.39. The molecule has 6 N–H and O–H groups in total. The molecule has 0 spiro atoms. The maximum atomic E-state index is 12.6. The van der Waals surface area contributed by atoms with Gasteiger partial charge >= 0.3 is 0 Å². The third-order valence-electron chi connectivity index (χ3n) is 4.63. The Morgan fingerprint density at radius 2 is 2.15 bits per heavy atom. The maximum absolute atomic E-state index is 12.6. The summed E-state index contributed by atoms with van der Waals surface area (Å²) in [7, 11) is 0. The van der Waals surface area contributed by atoms with Crippen LogP contribution in [0.1, 0.15) is 38.5 Å². The second-order valence-electron chi connectivity index (χ2n) is 6.58. The Hall–Kier alpha value is -2.36. The van der Waals surface area contributed by atoms with E-state index in [2.05, 4.69) is 16.0 Å². The zero-order valence-electron chi connectivity index (χ0n) is 15.0. The predicted molar refractivity (Wildman–Crippen MR) is 100 cm³/mol. The van der Waals surface area contributed by atoms with Crippen molar-refractivity contribution in [1.29, 1.82) is 5.41 Å². The minimum absolute atomic E-state index is 0. The molecule has 10 nitrogen and oxygen atoms in total. The molecule has 11 heteroatoms. The van der Waals surface area contributed by atoms with Gasteiger partial charge in [0.1, 0.15) is 18.4 Å². The van der Waals surface area contributed by atoms with Gasteiger partial charge in [-0.3, -0.25) is 19.8 Å². The first-order valence-electron chi connectivity index (χ1n) is 8.85. The molecule has 2 heterocycles. The largest absolute Gasteiger partial charge is 0.370 e. The van der Waals surface area contributed by atoms with Crippen LogP contribution in [0.3, 0.4) is 0 Å². The van der Waals surface area contributed by atoms with Crippen LogP contribution < -0.4 is 21.7 Å². The molecule has 2 rings (SSSR count). The Morgan fingerprint density at radius 3 is 2.74 bits per heavy atom. The van der Waals surface area contributed by atoms with E-state index in [4.69, 9.17) is 11.1 Å². The highest BCUT2D eigenvalue weighted by Crippen LogP contribution is 2.21. The molecule has 0 aromatic rings.